The molecule has 82 valence electrons. The summed E-state index contributed by atoms with van der Waals surface area (Å²) >= 11 is 0. The van der Waals surface area contributed by atoms with Crippen LogP contribution in [0.4, 0.5) is 0 Å². The summed E-state index contributed by atoms with van der Waals surface area (Å²) in [7, 11) is 0. The van der Waals surface area contributed by atoms with Crippen molar-refractivity contribution in [1.82, 2.24) is 5.43 Å². The van der Waals surface area contributed by atoms with Crippen molar-refractivity contribution in [2.75, 3.05) is 0 Å². The lowest BCUT2D eigenvalue weighted by Gasteiger charge is -2.19. The third-order valence-electron chi connectivity index (χ3n) is 2.68. The maximum Gasteiger partial charge on any atom is 0.111 e. The maximum absolute atomic E-state index is 5.46. The molecule has 0 unspecified atom stereocenters. The van der Waals surface area contributed by atoms with Crippen LogP contribution < -0.4 is 11.3 Å². The third-order valence-corrected chi connectivity index (χ3v) is 2.68. The molecule has 0 atom stereocenters. The van der Waals surface area contributed by atoms with E-state index in [0.29, 0.717) is 12.0 Å². The Balaban J connectivity index is 2.43. The lowest BCUT2D eigenvalue weighted by Crippen LogP contribution is -2.33. The zero-order valence-corrected chi connectivity index (χ0v) is 9.42. The number of hydrazine groups is 1. The highest BCUT2D eigenvalue weighted by molar-refractivity contribution is 5.81. The van der Waals surface area contributed by atoms with Crippen LogP contribution in [-0.2, 0) is 0 Å². The van der Waals surface area contributed by atoms with E-state index in [2.05, 4.69) is 24.3 Å². The molecular formula is C11H23N3. The van der Waals surface area contributed by atoms with Gasteiger partial charge in [-0.1, -0.05) is 33.1 Å². The lowest BCUT2D eigenvalue weighted by atomic mass is 9.96. The van der Waals surface area contributed by atoms with E-state index in [9.17, 15) is 0 Å². The van der Waals surface area contributed by atoms with Crippen molar-refractivity contribution in [3.8, 4) is 0 Å². The zero-order valence-electron chi connectivity index (χ0n) is 9.42. The van der Waals surface area contributed by atoms with Crippen LogP contribution in [0.5, 0.6) is 0 Å². The van der Waals surface area contributed by atoms with Crippen molar-refractivity contribution >= 4 is 5.84 Å². The number of rotatable bonds is 3. The monoisotopic (exact) mass is 197 g/mol. The Labute approximate surface area is 87.1 Å². The van der Waals surface area contributed by atoms with Gasteiger partial charge in [0.1, 0.15) is 5.84 Å². The maximum atomic E-state index is 5.46. The van der Waals surface area contributed by atoms with Gasteiger partial charge >= 0.3 is 0 Å². The van der Waals surface area contributed by atoms with E-state index < -0.39 is 0 Å². The van der Waals surface area contributed by atoms with Crippen molar-refractivity contribution in [2.45, 2.75) is 58.4 Å². The van der Waals surface area contributed by atoms with E-state index in [1.807, 2.05) is 0 Å². The molecule has 14 heavy (non-hydrogen) atoms. The van der Waals surface area contributed by atoms with Crippen molar-refractivity contribution in [1.29, 1.82) is 0 Å². The number of nitrogens with two attached hydrogens (primary N) is 1. The van der Waals surface area contributed by atoms with Gasteiger partial charge in [-0.15, -0.1) is 0 Å². The summed E-state index contributed by atoms with van der Waals surface area (Å²) in [4.78, 5) is 4.67. The Hall–Kier alpha value is -0.570. The highest BCUT2D eigenvalue weighted by atomic mass is 15.3. The number of amidine groups is 1. The van der Waals surface area contributed by atoms with E-state index in [-0.39, 0.29) is 0 Å². The molecule has 3 N–H and O–H groups in total. The molecule has 0 amide bonds. The van der Waals surface area contributed by atoms with Crippen LogP contribution in [0.15, 0.2) is 4.99 Å². The first-order valence-corrected chi connectivity index (χ1v) is 5.75. The average molecular weight is 197 g/mol. The Morgan fingerprint density at radius 2 is 2.00 bits per heavy atom. The van der Waals surface area contributed by atoms with Crippen LogP contribution >= 0.6 is 0 Å². The molecule has 1 rings (SSSR count). The zero-order chi connectivity index (χ0) is 10.4. The molecule has 0 aromatic rings. The van der Waals surface area contributed by atoms with Crippen LogP contribution in [-0.4, -0.2) is 11.9 Å². The molecule has 0 aliphatic heterocycles. The fourth-order valence-corrected chi connectivity index (χ4v) is 1.97. The van der Waals surface area contributed by atoms with Gasteiger partial charge < -0.3 is 5.43 Å². The largest absolute Gasteiger partial charge is 0.312 e. The first kappa shape index (κ1) is 11.5. The normalized spacial score (nSPS) is 20.1. The smallest absolute Gasteiger partial charge is 0.111 e. The molecule has 0 heterocycles. The summed E-state index contributed by atoms with van der Waals surface area (Å²) in [5.41, 5.74) is 2.73. The highest BCUT2D eigenvalue weighted by Gasteiger charge is 2.13. The van der Waals surface area contributed by atoms with Crippen molar-refractivity contribution in [3.63, 3.8) is 0 Å². The van der Waals surface area contributed by atoms with Crippen molar-refractivity contribution < 1.29 is 0 Å². The molecule has 1 fully saturated rings. The van der Waals surface area contributed by atoms with Crippen LogP contribution in [0.2, 0.25) is 0 Å². The Morgan fingerprint density at radius 3 is 2.50 bits per heavy atom. The molecule has 0 spiro atoms. The molecule has 1 aliphatic rings. The van der Waals surface area contributed by atoms with E-state index in [1.165, 1.54) is 32.1 Å². The van der Waals surface area contributed by atoms with Gasteiger partial charge in [0.15, 0.2) is 0 Å². The number of nitrogens with zero attached hydrogens (tertiary/aromatic N) is 1. The first-order chi connectivity index (χ1) is 6.72. The van der Waals surface area contributed by atoms with Gasteiger partial charge in [-0.2, -0.15) is 0 Å². The Kier molecular flexibility index (Phi) is 4.94. The number of nitrogens with one attached hydrogen (secondary N) is 1. The predicted octanol–water partition coefficient (Wildman–Crippen LogP) is 2.23. The SMILES string of the molecule is CC(C)CC(=NC1CCCCC1)NN. The van der Waals surface area contributed by atoms with Crippen LogP contribution in [0.1, 0.15) is 52.4 Å². The molecule has 0 aromatic carbocycles. The molecule has 1 saturated carbocycles. The van der Waals surface area contributed by atoms with Crippen LogP contribution in [0, 0.1) is 5.92 Å². The topological polar surface area (TPSA) is 50.4 Å². The van der Waals surface area contributed by atoms with Crippen molar-refractivity contribution in [3.05, 3.63) is 0 Å². The van der Waals surface area contributed by atoms with Gasteiger partial charge in [-0.3, -0.25) is 4.99 Å². The third kappa shape index (κ3) is 4.09. The molecule has 3 heteroatoms. The van der Waals surface area contributed by atoms with E-state index in [1.54, 1.807) is 0 Å². The van der Waals surface area contributed by atoms with E-state index in [4.69, 9.17) is 5.84 Å². The van der Waals surface area contributed by atoms with Gasteiger partial charge in [0, 0.05) is 6.42 Å². The number of hydrogen-bond acceptors (Lipinski definition) is 2. The second-order valence-corrected chi connectivity index (χ2v) is 4.61. The molecule has 1 aliphatic carbocycles. The predicted molar refractivity (Wildman–Crippen MR) is 61.1 cm³/mol. The van der Waals surface area contributed by atoms with Gasteiger partial charge in [0.2, 0.25) is 0 Å². The van der Waals surface area contributed by atoms with E-state index in [0.717, 1.165) is 12.3 Å². The fraction of sp³-hybridized carbons (Fsp3) is 0.909. The minimum atomic E-state index is 0.522. The minimum Gasteiger partial charge on any atom is -0.312 e. The molecule has 0 aromatic heterocycles. The summed E-state index contributed by atoms with van der Waals surface area (Å²) in [5.74, 6) is 7.05. The van der Waals surface area contributed by atoms with Gasteiger partial charge in [0.25, 0.3) is 0 Å². The molecular weight excluding hydrogens is 174 g/mol. The number of hydrogen-bond donors (Lipinski definition) is 2. The fourth-order valence-electron chi connectivity index (χ4n) is 1.97. The molecule has 3 nitrogen and oxygen atoms in total. The average Bonchev–Trinajstić information content (AvgIpc) is 2.17. The van der Waals surface area contributed by atoms with Crippen LogP contribution in [0.25, 0.3) is 0 Å². The minimum absolute atomic E-state index is 0.522. The van der Waals surface area contributed by atoms with Gasteiger partial charge in [0.05, 0.1) is 6.04 Å². The quantitative estimate of drug-likeness (QED) is 0.315. The summed E-state index contributed by atoms with van der Waals surface area (Å²) in [6.45, 7) is 4.38. The Bertz CT molecular complexity index is 181. The summed E-state index contributed by atoms with van der Waals surface area (Å²) in [6, 6.07) is 0.522. The lowest BCUT2D eigenvalue weighted by molar-refractivity contribution is 0.441. The van der Waals surface area contributed by atoms with Crippen LogP contribution in [0.3, 0.4) is 0 Å². The Morgan fingerprint density at radius 1 is 1.36 bits per heavy atom. The summed E-state index contributed by atoms with van der Waals surface area (Å²) in [6.07, 6.45) is 7.47. The highest BCUT2D eigenvalue weighted by Crippen LogP contribution is 2.20. The summed E-state index contributed by atoms with van der Waals surface area (Å²) in [5, 5.41) is 0. The second-order valence-electron chi connectivity index (χ2n) is 4.61. The summed E-state index contributed by atoms with van der Waals surface area (Å²) < 4.78 is 0. The molecule has 0 radical (unpaired) electrons. The second kappa shape index (κ2) is 6.02. The molecule has 0 bridgehead atoms. The standard InChI is InChI=1S/C11H23N3/c1-9(2)8-11(14-12)13-10-6-4-3-5-7-10/h9-10H,3-8,12H2,1-2H3,(H,13,14). The van der Waals surface area contributed by atoms with Crippen molar-refractivity contribution in [2.24, 2.45) is 16.8 Å². The van der Waals surface area contributed by atoms with E-state index >= 15 is 0 Å². The van der Waals surface area contributed by atoms with Gasteiger partial charge in [-0.25, -0.2) is 5.84 Å². The number of aliphatic imine (C=N–C) groups is 1. The first-order valence-electron chi connectivity index (χ1n) is 5.75. The molecule has 0 saturated heterocycles. The van der Waals surface area contributed by atoms with Gasteiger partial charge in [-0.05, 0) is 18.8 Å².